The van der Waals surface area contributed by atoms with Crippen molar-refractivity contribution in [3.63, 3.8) is 0 Å². The van der Waals surface area contributed by atoms with Crippen LogP contribution in [0.2, 0.25) is 10.0 Å². The SMILES string of the molecule is CO[C@H]1/C=C/CC[C@@H](CC(C)(C)OC)S(=O)(=O)NC(=O)c2ccc3c(c2)N(C[C@@H]2CC[C@H]21)C[C@@]1(CCCc2cc(Cl)ccc21)CO3.CO[C@H]1/C=C/CC[C@H](CC(C)(C)OC)S(=O)(=O)NC(=O)c2ccc3c(c2)N(C[C@@H]2CC[C@H]21)C[C@@]1(CCCc2cc(Cl)ccc21)CO3. The standard InChI is InChI=1S/2C36H47ClN2O6S/c2*1-35(2,44-4)20-28-9-5-6-10-32(43-3)29-14-11-26(29)21-39-22-36(17-7-8-24-18-27(37)13-15-30(24)36)23-45-33-16-12-25(19-31(33)39)34(40)38-46(28,41)42/h2*6,10,12-13,15-16,18-19,26,28-29,32H,5,7-9,11,14,17,20-23H2,1-4H3,(H,38,40)/b2*10-6+/t26-,28+,29+,32-,36-;26-,28-,29+,32-,36-/m00/s1. The van der Waals surface area contributed by atoms with Gasteiger partial charge >= 0.3 is 0 Å². The fourth-order valence-corrected chi connectivity index (χ4v) is 19.6. The molecule has 0 radical (unpaired) electrons. The molecule has 2 spiro atoms. The summed E-state index contributed by atoms with van der Waals surface area (Å²) in [4.78, 5) is 32.1. The van der Waals surface area contributed by atoms with Gasteiger partial charge in [-0.05, 0) is 237 Å². The highest BCUT2D eigenvalue weighted by atomic mass is 35.5. The molecule has 2 amide bonds. The summed E-state index contributed by atoms with van der Waals surface area (Å²) >= 11 is 12.9. The third kappa shape index (κ3) is 14.8. The van der Waals surface area contributed by atoms with Gasteiger partial charge in [-0.1, -0.05) is 59.6 Å². The van der Waals surface area contributed by atoms with Crippen LogP contribution in [0.1, 0.15) is 161 Å². The van der Waals surface area contributed by atoms with Gasteiger partial charge in [-0.3, -0.25) is 9.59 Å². The van der Waals surface area contributed by atoms with Crippen molar-refractivity contribution in [2.75, 3.05) is 77.6 Å². The fraction of sp³-hybridized carbons (Fsp3) is 0.583. The highest BCUT2D eigenvalue weighted by Gasteiger charge is 2.47. The van der Waals surface area contributed by atoms with Crippen LogP contribution in [-0.2, 0) is 62.7 Å². The van der Waals surface area contributed by atoms with E-state index in [-0.39, 0.29) is 35.9 Å². The van der Waals surface area contributed by atoms with Crippen LogP contribution in [0.15, 0.2) is 97.1 Å². The summed E-state index contributed by atoms with van der Waals surface area (Å²) in [7, 11) is -1.37. The number of nitrogens with zero attached hydrogens (tertiary/aromatic N) is 2. The molecule has 4 heterocycles. The van der Waals surface area contributed by atoms with Gasteiger partial charge in [0.05, 0.1) is 58.5 Å². The number of carbonyl (C=O) groups is 2. The van der Waals surface area contributed by atoms with Crippen LogP contribution in [0.3, 0.4) is 0 Å². The topological polar surface area (TPSA) is 188 Å². The van der Waals surface area contributed by atoms with E-state index in [9.17, 15) is 26.4 Å². The number of amides is 2. The number of aryl methyl sites for hydroxylation is 2. The van der Waals surface area contributed by atoms with Gasteiger partial charge in [-0.25, -0.2) is 26.3 Å². The number of anilines is 2. The first-order valence-corrected chi connectivity index (χ1v) is 36.9. The van der Waals surface area contributed by atoms with Crippen molar-refractivity contribution < 1.29 is 54.8 Å². The first kappa shape index (κ1) is 68.2. The number of rotatable bonds is 8. The highest BCUT2D eigenvalue weighted by Crippen LogP contribution is 2.50. The Morgan fingerprint density at radius 3 is 1.35 bits per heavy atom. The number of fused-ring (bicyclic) bond motifs is 8. The third-order valence-electron chi connectivity index (χ3n) is 21.7. The van der Waals surface area contributed by atoms with E-state index < -0.39 is 53.6 Å². The van der Waals surface area contributed by atoms with E-state index >= 15 is 0 Å². The van der Waals surface area contributed by atoms with E-state index in [0.29, 0.717) is 85.2 Å². The molecule has 4 aromatic carbocycles. The minimum Gasteiger partial charge on any atom is -0.490 e. The molecule has 4 aliphatic heterocycles. The summed E-state index contributed by atoms with van der Waals surface area (Å²) in [6.45, 7) is 11.5. The van der Waals surface area contributed by atoms with E-state index in [2.05, 4.69) is 55.7 Å². The molecule has 8 aliphatic rings. The van der Waals surface area contributed by atoms with Gasteiger partial charge in [-0.15, -0.1) is 0 Å². The largest absolute Gasteiger partial charge is 0.490 e. The van der Waals surface area contributed by atoms with Crippen LogP contribution >= 0.6 is 23.2 Å². The molecule has 0 aromatic heterocycles. The molecule has 4 aliphatic carbocycles. The van der Waals surface area contributed by atoms with Crippen molar-refractivity contribution in [3.05, 3.63) is 141 Å². The number of hydrogen-bond donors (Lipinski definition) is 2. The number of hydrogen-bond acceptors (Lipinski definition) is 14. The summed E-state index contributed by atoms with van der Waals surface area (Å²) in [6.07, 6.45) is 20.8. The first-order chi connectivity index (χ1) is 43.9. The Labute approximate surface area is 555 Å². The van der Waals surface area contributed by atoms with Crippen molar-refractivity contribution in [2.24, 2.45) is 23.7 Å². The molecule has 2 fully saturated rings. The zero-order valence-corrected chi connectivity index (χ0v) is 57.9. The van der Waals surface area contributed by atoms with Crippen molar-refractivity contribution in [3.8, 4) is 11.5 Å². The second-order valence-corrected chi connectivity index (χ2v) is 33.3. The van der Waals surface area contributed by atoms with Crippen LogP contribution in [0.4, 0.5) is 11.4 Å². The Morgan fingerprint density at radius 1 is 0.565 bits per heavy atom. The lowest BCUT2D eigenvalue weighted by Crippen LogP contribution is -2.49. The smallest absolute Gasteiger partial charge is 0.264 e. The Kier molecular flexibility index (Phi) is 20.7. The Hall–Kier alpha value is -5.18. The molecular weight excluding hydrogens is 1250 g/mol. The Morgan fingerprint density at radius 2 is 0.978 bits per heavy atom. The lowest BCUT2D eigenvalue weighted by molar-refractivity contribution is 0.0127. The number of carbonyl (C=O) groups excluding carboxylic acids is 2. The molecule has 12 rings (SSSR count). The normalized spacial score (nSPS) is 30.2. The molecule has 16 nitrogen and oxygen atoms in total. The molecule has 0 unspecified atom stereocenters. The van der Waals surface area contributed by atoms with E-state index in [4.69, 9.17) is 51.6 Å². The number of nitrogens with one attached hydrogen (secondary N) is 2. The average Bonchev–Trinajstić information content (AvgIpc) is 1.49. The van der Waals surface area contributed by atoms with Gasteiger partial charge in [0.15, 0.2) is 0 Å². The monoisotopic (exact) mass is 1340 g/mol. The molecular formula is C72H94Cl2N4O12S2. The number of halogens is 2. The van der Waals surface area contributed by atoms with Gasteiger partial charge in [0.25, 0.3) is 11.8 Å². The zero-order chi connectivity index (χ0) is 65.4. The lowest BCUT2D eigenvalue weighted by atomic mass is 9.68. The molecule has 10 atom stereocenters. The summed E-state index contributed by atoms with van der Waals surface area (Å²) < 4.78 is 96.2. The van der Waals surface area contributed by atoms with Crippen molar-refractivity contribution >= 4 is 66.4 Å². The van der Waals surface area contributed by atoms with Crippen molar-refractivity contribution in [2.45, 2.75) is 175 Å². The molecule has 0 saturated heterocycles. The van der Waals surface area contributed by atoms with Crippen LogP contribution in [0.25, 0.3) is 0 Å². The second kappa shape index (κ2) is 27.9. The fourth-order valence-electron chi connectivity index (χ4n) is 15.9. The molecule has 20 heteroatoms. The third-order valence-corrected chi connectivity index (χ3v) is 25.7. The van der Waals surface area contributed by atoms with Crippen molar-refractivity contribution in [1.82, 2.24) is 9.44 Å². The van der Waals surface area contributed by atoms with Gasteiger partial charge in [0.2, 0.25) is 20.0 Å². The van der Waals surface area contributed by atoms with Crippen LogP contribution < -0.4 is 28.7 Å². The zero-order valence-electron chi connectivity index (χ0n) is 54.8. The molecule has 4 bridgehead atoms. The van der Waals surface area contributed by atoms with E-state index in [1.54, 1.807) is 40.6 Å². The number of methoxy groups -OCH3 is 4. The molecule has 500 valence electrons. The maximum Gasteiger partial charge on any atom is 0.264 e. The quantitative estimate of drug-likeness (QED) is 0.159. The molecule has 4 aromatic rings. The van der Waals surface area contributed by atoms with Crippen LogP contribution in [0.5, 0.6) is 11.5 Å². The summed E-state index contributed by atoms with van der Waals surface area (Å²) in [5, 5.41) is -0.148. The van der Waals surface area contributed by atoms with Gasteiger partial charge in [0, 0.05) is 86.6 Å². The summed E-state index contributed by atoms with van der Waals surface area (Å²) in [5.74, 6) is 1.61. The van der Waals surface area contributed by atoms with Crippen LogP contribution in [0, 0.1) is 23.7 Å². The minimum absolute atomic E-state index is 0.0580. The predicted molar refractivity (Wildman–Crippen MR) is 363 cm³/mol. The van der Waals surface area contributed by atoms with Crippen LogP contribution in [-0.4, -0.2) is 130 Å². The van der Waals surface area contributed by atoms with E-state index in [0.717, 1.165) is 112 Å². The maximum atomic E-state index is 13.7. The second-order valence-electron chi connectivity index (χ2n) is 28.5. The first-order valence-electron chi connectivity index (χ1n) is 33.1. The Bertz CT molecular complexity index is 3420. The molecule has 92 heavy (non-hydrogen) atoms. The van der Waals surface area contributed by atoms with Gasteiger partial charge < -0.3 is 38.2 Å². The van der Waals surface area contributed by atoms with Gasteiger partial charge in [0.1, 0.15) is 11.5 Å². The van der Waals surface area contributed by atoms with Gasteiger partial charge in [-0.2, -0.15) is 0 Å². The highest BCUT2D eigenvalue weighted by molar-refractivity contribution is 7.91. The summed E-state index contributed by atoms with van der Waals surface area (Å²) in [5.41, 5.74) is 5.47. The predicted octanol–water partition coefficient (Wildman–Crippen LogP) is 12.9. The van der Waals surface area contributed by atoms with Crippen molar-refractivity contribution in [1.29, 1.82) is 0 Å². The van der Waals surface area contributed by atoms with E-state index in [1.165, 1.54) is 22.3 Å². The lowest BCUT2D eigenvalue weighted by Gasteiger charge is -2.46. The maximum absolute atomic E-state index is 13.7. The number of allylic oxidation sites excluding steroid dienone is 2. The molecule has 2 N–H and O–H groups in total. The number of ether oxygens (including phenoxy) is 6. The number of sulfonamides is 2. The minimum atomic E-state index is -4.02. The van der Waals surface area contributed by atoms with E-state index in [1.807, 2.05) is 76.2 Å². The number of benzene rings is 4. The summed E-state index contributed by atoms with van der Waals surface area (Å²) in [6, 6.07) is 23.1. The average molecular weight is 1340 g/mol. The molecule has 2 saturated carbocycles. The Balaban J connectivity index is 0.000000188.